The molecule has 0 aliphatic carbocycles. The fraction of sp³-hybridized carbons (Fsp3) is 0.111. The molecule has 0 aliphatic rings. The standard InChI is InChI=1S/C18H17N3O2/c1-12-20-16-8-7-13(17(22)9-10-19)11-15(16)18(23)21(12)14-5-3-2-4-6-14/h2-11,17,22H,19H2,1H3/b10-9+. The Balaban J connectivity index is 2.26. The van der Waals surface area contributed by atoms with Gasteiger partial charge in [0.05, 0.1) is 22.7 Å². The molecule has 1 heterocycles. The molecule has 0 bridgehead atoms. The number of hydrogen-bond donors (Lipinski definition) is 2. The van der Waals surface area contributed by atoms with Gasteiger partial charge in [-0.3, -0.25) is 9.36 Å². The number of fused-ring (bicyclic) bond motifs is 1. The van der Waals surface area contributed by atoms with Gasteiger partial charge in [0.15, 0.2) is 0 Å². The second kappa shape index (κ2) is 6.06. The van der Waals surface area contributed by atoms with Gasteiger partial charge in [0.1, 0.15) is 5.82 Å². The van der Waals surface area contributed by atoms with Crippen LogP contribution in [0.1, 0.15) is 17.5 Å². The molecule has 116 valence electrons. The Labute approximate surface area is 133 Å². The lowest BCUT2D eigenvalue weighted by atomic mass is 10.1. The average molecular weight is 307 g/mol. The van der Waals surface area contributed by atoms with Crippen LogP contribution in [0.5, 0.6) is 0 Å². The number of aryl methyl sites for hydroxylation is 1. The normalized spacial score (nSPS) is 12.8. The molecule has 23 heavy (non-hydrogen) atoms. The minimum absolute atomic E-state index is 0.163. The maximum atomic E-state index is 12.9. The van der Waals surface area contributed by atoms with Crippen LogP contribution in [0.15, 0.2) is 65.6 Å². The first-order valence-corrected chi connectivity index (χ1v) is 7.27. The lowest BCUT2D eigenvalue weighted by Crippen LogP contribution is -2.22. The van der Waals surface area contributed by atoms with Gasteiger partial charge in [0.25, 0.3) is 5.56 Å². The second-order valence-corrected chi connectivity index (χ2v) is 5.24. The predicted molar refractivity (Wildman–Crippen MR) is 90.4 cm³/mol. The topological polar surface area (TPSA) is 81.1 Å². The van der Waals surface area contributed by atoms with Crippen molar-refractivity contribution in [3.63, 3.8) is 0 Å². The zero-order valence-electron chi connectivity index (χ0n) is 12.7. The average Bonchev–Trinajstić information content (AvgIpc) is 2.56. The van der Waals surface area contributed by atoms with E-state index >= 15 is 0 Å². The van der Waals surface area contributed by atoms with Crippen LogP contribution >= 0.6 is 0 Å². The van der Waals surface area contributed by atoms with Crippen molar-refractivity contribution in [2.45, 2.75) is 13.0 Å². The molecule has 5 nitrogen and oxygen atoms in total. The maximum absolute atomic E-state index is 12.9. The molecule has 5 heteroatoms. The van der Waals surface area contributed by atoms with Crippen LogP contribution in [0.3, 0.4) is 0 Å². The molecule has 1 aromatic heterocycles. The van der Waals surface area contributed by atoms with Crippen LogP contribution in [0.4, 0.5) is 0 Å². The number of rotatable bonds is 3. The molecule has 3 rings (SSSR count). The highest BCUT2D eigenvalue weighted by molar-refractivity contribution is 5.79. The fourth-order valence-corrected chi connectivity index (χ4v) is 2.60. The largest absolute Gasteiger partial charge is 0.405 e. The van der Waals surface area contributed by atoms with Crippen molar-refractivity contribution in [3.05, 3.63) is 82.5 Å². The van der Waals surface area contributed by atoms with Crippen LogP contribution in [0, 0.1) is 6.92 Å². The van der Waals surface area contributed by atoms with Gasteiger partial charge in [-0.2, -0.15) is 0 Å². The Morgan fingerprint density at radius 1 is 1.22 bits per heavy atom. The summed E-state index contributed by atoms with van der Waals surface area (Å²) in [6.45, 7) is 1.80. The van der Waals surface area contributed by atoms with Crippen LogP contribution in [-0.4, -0.2) is 14.7 Å². The molecular formula is C18H17N3O2. The summed E-state index contributed by atoms with van der Waals surface area (Å²) in [6.07, 6.45) is 1.89. The molecule has 1 unspecified atom stereocenters. The lowest BCUT2D eigenvalue weighted by molar-refractivity contribution is 0.228. The van der Waals surface area contributed by atoms with E-state index in [-0.39, 0.29) is 5.56 Å². The maximum Gasteiger partial charge on any atom is 0.265 e. The molecule has 0 fully saturated rings. The molecule has 0 radical (unpaired) electrons. The molecule has 2 aromatic carbocycles. The summed E-state index contributed by atoms with van der Waals surface area (Å²) in [4.78, 5) is 17.4. The van der Waals surface area contributed by atoms with Crippen molar-refractivity contribution in [2.75, 3.05) is 0 Å². The number of aromatic nitrogens is 2. The smallest absolute Gasteiger partial charge is 0.265 e. The van der Waals surface area contributed by atoms with Gasteiger partial charge in [-0.15, -0.1) is 0 Å². The number of hydrogen-bond acceptors (Lipinski definition) is 4. The summed E-state index contributed by atoms with van der Waals surface area (Å²) in [5, 5.41) is 10.5. The van der Waals surface area contributed by atoms with Crippen LogP contribution in [0.25, 0.3) is 16.6 Å². The Morgan fingerprint density at radius 2 is 1.96 bits per heavy atom. The monoisotopic (exact) mass is 307 g/mol. The number of aliphatic hydroxyl groups excluding tert-OH is 1. The minimum atomic E-state index is -0.852. The zero-order chi connectivity index (χ0) is 16.4. The van der Waals surface area contributed by atoms with Gasteiger partial charge in [-0.05, 0) is 49.0 Å². The highest BCUT2D eigenvalue weighted by Crippen LogP contribution is 2.19. The number of benzene rings is 2. The van der Waals surface area contributed by atoms with E-state index in [2.05, 4.69) is 4.98 Å². The van der Waals surface area contributed by atoms with Gasteiger partial charge in [0, 0.05) is 0 Å². The van der Waals surface area contributed by atoms with Crippen molar-refractivity contribution in [1.82, 2.24) is 9.55 Å². The summed E-state index contributed by atoms with van der Waals surface area (Å²) in [5.74, 6) is 0.615. The number of aliphatic hydroxyl groups is 1. The predicted octanol–water partition coefficient (Wildman–Crippen LogP) is 2.20. The molecule has 1 atom stereocenters. The summed E-state index contributed by atoms with van der Waals surface area (Å²) in [6, 6.07) is 14.5. The first kappa shape index (κ1) is 15.0. The van der Waals surface area contributed by atoms with Crippen molar-refractivity contribution in [1.29, 1.82) is 0 Å². The van der Waals surface area contributed by atoms with Crippen molar-refractivity contribution < 1.29 is 5.11 Å². The summed E-state index contributed by atoms with van der Waals surface area (Å²) < 4.78 is 1.57. The minimum Gasteiger partial charge on any atom is -0.405 e. The van der Waals surface area contributed by atoms with E-state index in [0.717, 1.165) is 5.69 Å². The molecule has 0 saturated heterocycles. The van der Waals surface area contributed by atoms with Crippen molar-refractivity contribution in [3.8, 4) is 5.69 Å². The van der Waals surface area contributed by atoms with E-state index in [1.807, 2.05) is 30.3 Å². The molecule has 3 N–H and O–H groups in total. The third-order valence-corrected chi connectivity index (χ3v) is 3.71. The highest BCUT2D eigenvalue weighted by atomic mass is 16.3. The molecule has 0 saturated carbocycles. The Bertz CT molecular complexity index is 930. The van der Waals surface area contributed by atoms with Crippen molar-refractivity contribution in [2.24, 2.45) is 5.73 Å². The van der Waals surface area contributed by atoms with Gasteiger partial charge in [-0.1, -0.05) is 24.3 Å². The van der Waals surface area contributed by atoms with E-state index in [0.29, 0.717) is 22.3 Å². The summed E-state index contributed by atoms with van der Waals surface area (Å²) in [7, 11) is 0. The summed E-state index contributed by atoms with van der Waals surface area (Å²) >= 11 is 0. The van der Waals surface area contributed by atoms with Gasteiger partial charge >= 0.3 is 0 Å². The first-order chi connectivity index (χ1) is 11.1. The molecule has 0 aliphatic heterocycles. The molecule has 3 aromatic rings. The van der Waals surface area contributed by atoms with Gasteiger partial charge in [0.2, 0.25) is 0 Å². The number of para-hydroxylation sites is 1. The van der Waals surface area contributed by atoms with Crippen LogP contribution in [-0.2, 0) is 0 Å². The van der Waals surface area contributed by atoms with E-state index in [4.69, 9.17) is 5.73 Å². The lowest BCUT2D eigenvalue weighted by Gasteiger charge is -2.12. The fourth-order valence-electron chi connectivity index (χ4n) is 2.60. The Hall–Kier alpha value is -2.92. The van der Waals surface area contributed by atoms with E-state index in [9.17, 15) is 9.90 Å². The third-order valence-electron chi connectivity index (χ3n) is 3.71. The quantitative estimate of drug-likeness (QED) is 0.777. The van der Waals surface area contributed by atoms with Crippen LogP contribution in [0.2, 0.25) is 0 Å². The molecule has 0 amide bonds. The summed E-state index contributed by atoms with van der Waals surface area (Å²) in [5.41, 5.74) is 7.11. The Morgan fingerprint density at radius 3 is 2.65 bits per heavy atom. The molecule has 0 spiro atoms. The zero-order valence-corrected chi connectivity index (χ0v) is 12.7. The van der Waals surface area contributed by atoms with Crippen molar-refractivity contribution >= 4 is 10.9 Å². The van der Waals surface area contributed by atoms with E-state index in [1.54, 1.807) is 29.7 Å². The number of nitrogens with zero attached hydrogens (tertiary/aromatic N) is 2. The SMILES string of the molecule is Cc1nc2ccc(C(O)/C=C/N)cc2c(=O)n1-c1ccccc1. The van der Waals surface area contributed by atoms with E-state index < -0.39 is 6.10 Å². The first-order valence-electron chi connectivity index (χ1n) is 7.27. The molecular weight excluding hydrogens is 290 g/mol. The van der Waals surface area contributed by atoms with Gasteiger partial charge < -0.3 is 10.8 Å². The highest BCUT2D eigenvalue weighted by Gasteiger charge is 2.12. The van der Waals surface area contributed by atoms with Gasteiger partial charge in [-0.25, -0.2) is 4.98 Å². The Kier molecular flexibility index (Phi) is 3.95. The second-order valence-electron chi connectivity index (χ2n) is 5.24. The van der Waals surface area contributed by atoms with Crippen LogP contribution < -0.4 is 11.3 Å². The number of nitrogens with two attached hydrogens (primary N) is 1. The van der Waals surface area contributed by atoms with E-state index in [1.165, 1.54) is 12.3 Å². The third kappa shape index (κ3) is 2.74.